The highest BCUT2D eigenvalue weighted by atomic mass is 16.5. The van der Waals surface area contributed by atoms with Crippen LogP contribution in [0.3, 0.4) is 0 Å². The summed E-state index contributed by atoms with van der Waals surface area (Å²) in [4.78, 5) is 13.8. The highest BCUT2D eigenvalue weighted by molar-refractivity contribution is 5.86. The highest BCUT2D eigenvalue weighted by Gasteiger charge is 2.01. The van der Waals surface area contributed by atoms with Crippen LogP contribution < -0.4 is 4.74 Å². The molecule has 1 aliphatic heterocycles. The molecular formula is C15H13NO3. The van der Waals surface area contributed by atoms with Gasteiger partial charge in [0.2, 0.25) is 0 Å². The number of ether oxygens (including phenoxy) is 1. The smallest absolute Gasteiger partial charge is 0.337 e. The molecule has 0 spiro atoms. The maximum Gasteiger partial charge on any atom is 0.337 e. The minimum Gasteiger partial charge on any atom is -0.489 e. The first-order chi connectivity index (χ1) is 9.27. The zero-order valence-corrected chi connectivity index (χ0v) is 10.2. The third-order valence-corrected chi connectivity index (χ3v) is 2.46. The van der Waals surface area contributed by atoms with Gasteiger partial charge >= 0.3 is 5.97 Å². The van der Waals surface area contributed by atoms with Crippen LogP contribution in [0, 0.1) is 0 Å². The van der Waals surface area contributed by atoms with Gasteiger partial charge in [-0.2, -0.15) is 0 Å². The zero-order chi connectivity index (χ0) is 13.5. The Balaban J connectivity index is 0.000000141. The van der Waals surface area contributed by atoms with Crippen molar-refractivity contribution in [2.24, 2.45) is 0 Å². The van der Waals surface area contributed by atoms with Crippen LogP contribution in [0.2, 0.25) is 0 Å². The second-order valence-electron chi connectivity index (χ2n) is 3.80. The molecule has 0 unspecified atom stereocenters. The first kappa shape index (κ1) is 12.8. The van der Waals surface area contributed by atoms with Crippen molar-refractivity contribution >= 4 is 12.0 Å². The molecule has 2 aromatic rings. The first-order valence-electron chi connectivity index (χ1n) is 5.79. The molecule has 0 radical (unpaired) electrons. The van der Waals surface area contributed by atoms with Gasteiger partial charge in [0.05, 0.1) is 5.56 Å². The number of carboxylic acids is 1. The van der Waals surface area contributed by atoms with Gasteiger partial charge in [0.15, 0.2) is 0 Å². The van der Waals surface area contributed by atoms with E-state index in [0.29, 0.717) is 6.61 Å². The summed E-state index contributed by atoms with van der Waals surface area (Å²) in [5.74, 6) is 0.0492. The van der Waals surface area contributed by atoms with E-state index in [1.165, 1.54) is 24.0 Å². The number of aromatic nitrogens is 1. The number of fused-ring (bicyclic) bond motifs is 1. The number of rotatable bonds is 1. The van der Waals surface area contributed by atoms with Crippen LogP contribution >= 0.6 is 0 Å². The molecule has 0 amide bonds. The number of pyridine rings is 1. The van der Waals surface area contributed by atoms with E-state index in [1.54, 1.807) is 6.07 Å². The molecule has 1 N–H and O–H groups in total. The highest BCUT2D eigenvalue weighted by Crippen LogP contribution is 2.21. The minimum absolute atomic E-state index is 0.220. The Hall–Kier alpha value is -2.62. The van der Waals surface area contributed by atoms with Gasteiger partial charge in [0.25, 0.3) is 0 Å². The van der Waals surface area contributed by atoms with E-state index in [4.69, 9.17) is 9.84 Å². The second kappa shape index (κ2) is 6.35. The van der Waals surface area contributed by atoms with Gasteiger partial charge in [-0.05, 0) is 24.3 Å². The van der Waals surface area contributed by atoms with E-state index >= 15 is 0 Å². The third-order valence-electron chi connectivity index (χ3n) is 2.46. The summed E-state index contributed by atoms with van der Waals surface area (Å²) in [6, 6.07) is 11.1. The van der Waals surface area contributed by atoms with Crippen molar-refractivity contribution in [1.29, 1.82) is 0 Å². The van der Waals surface area contributed by atoms with E-state index < -0.39 is 5.97 Å². The maximum atomic E-state index is 10.2. The van der Waals surface area contributed by atoms with Gasteiger partial charge in [0.1, 0.15) is 12.4 Å². The number of carboxylic acid groups (broad SMARTS) is 1. The number of nitrogens with zero attached hydrogens (tertiary/aromatic N) is 1. The molecule has 4 nitrogen and oxygen atoms in total. The van der Waals surface area contributed by atoms with Crippen molar-refractivity contribution in [3.8, 4) is 5.75 Å². The van der Waals surface area contributed by atoms with Crippen molar-refractivity contribution in [1.82, 2.24) is 4.98 Å². The summed E-state index contributed by atoms with van der Waals surface area (Å²) in [6.45, 7) is 0.705. The summed E-state index contributed by atoms with van der Waals surface area (Å²) in [5, 5.41) is 8.34. The largest absolute Gasteiger partial charge is 0.489 e. The normalized spacial score (nSPS) is 11.6. The average Bonchev–Trinajstić information content (AvgIpc) is 2.49. The predicted molar refractivity (Wildman–Crippen MR) is 72.2 cm³/mol. The number of para-hydroxylation sites is 1. The molecule has 1 aromatic carbocycles. The summed E-state index contributed by atoms with van der Waals surface area (Å²) in [7, 11) is 0. The Labute approximate surface area is 111 Å². The Morgan fingerprint density at radius 2 is 2.05 bits per heavy atom. The molecule has 19 heavy (non-hydrogen) atoms. The lowest BCUT2D eigenvalue weighted by molar-refractivity contribution is 0.0696. The Morgan fingerprint density at radius 3 is 2.68 bits per heavy atom. The van der Waals surface area contributed by atoms with Gasteiger partial charge in [-0.1, -0.05) is 24.3 Å². The van der Waals surface area contributed by atoms with Crippen LogP contribution in [0.25, 0.3) is 6.08 Å². The molecule has 1 aromatic heterocycles. The summed E-state index contributed by atoms with van der Waals surface area (Å²) in [6.07, 6.45) is 6.94. The molecule has 0 saturated heterocycles. The van der Waals surface area contributed by atoms with E-state index in [1.807, 2.05) is 30.3 Å². The maximum absolute atomic E-state index is 10.2. The molecule has 2 heterocycles. The average molecular weight is 255 g/mol. The topological polar surface area (TPSA) is 59.4 Å². The van der Waals surface area contributed by atoms with Gasteiger partial charge in [0, 0.05) is 18.0 Å². The van der Waals surface area contributed by atoms with E-state index in [9.17, 15) is 4.79 Å². The lowest BCUT2D eigenvalue weighted by Gasteiger charge is -2.10. The summed E-state index contributed by atoms with van der Waals surface area (Å²) < 4.78 is 5.34. The number of carbonyl (C=O) groups is 1. The lowest BCUT2D eigenvalue weighted by atomic mass is 10.1. The fraction of sp³-hybridized carbons (Fsp3) is 0.0667. The van der Waals surface area contributed by atoms with Crippen LogP contribution in [-0.4, -0.2) is 22.7 Å². The number of hydrogen-bond donors (Lipinski definition) is 1. The Morgan fingerprint density at radius 1 is 1.21 bits per heavy atom. The fourth-order valence-electron chi connectivity index (χ4n) is 1.55. The SMILES string of the molecule is C1=Cc2ccccc2OC1.O=C(O)c1cccnc1. The molecule has 0 atom stereocenters. The predicted octanol–water partition coefficient (Wildman–Crippen LogP) is 2.87. The van der Waals surface area contributed by atoms with Gasteiger partial charge in [-0.15, -0.1) is 0 Å². The molecule has 0 saturated carbocycles. The summed E-state index contributed by atoms with van der Waals surface area (Å²) in [5.41, 5.74) is 1.39. The molecule has 1 aliphatic rings. The van der Waals surface area contributed by atoms with E-state index in [-0.39, 0.29) is 5.56 Å². The molecule has 3 rings (SSSR count). The van der Waals surface area contributed by atoms with Crippen LogP contribution in [0.5, 0.6) is 5.75 Å². The molecule has 0 fully saturated rings. The van der Waals surface area contributed by atoms with E-state index in [0.717, 1.165) is 5.75 Å². The second-order valence-corrected chi connectivity index (χ2v) is 3.80. The molecular weight excluding hydrogens is 242 g/mol. The molecule has 96 valence electrons. The Bertz CT molecular complexity index is 579. The van der Waals surface area contributed by atoms with Crippen molar-refractivity contribution in [3.63, 3.8) is 0 Å². The van der Waals surface area contributed by atoms with Crippen LogP contribution in [0.4, 0.5) is 0 Å². The van der Waals surface area contributed by atoms with Crippen LogP contribution in [-0.2, 0) is 0 Å². The molecule has 0 aliphatic carbocycles. The van der Waals surface area contributed by atoms with Crippen LogP contribution in [0.15, 0.2) is 54.9 Å². The van der Waals surface area contributed by atoms with Gasteiger partial charge in [-0.25, -0.2) is 4.79 Å². The summed E-state index contributed by atoms with van der Waals surface area (Å²) >= 11 is 0. The number of hydrogen-bond acceptors (Lipinski definition) is 3. The standard InChI is InChI=1S/C9H8O.C6H5NO2/c1-2-6-9-8(4-1)5-3-7-10-9;8-6(9)5-2-1-3-7-4-5/h1-6H,7H2;1-4H,(H,8,9). The van der Waals surface area contributed by atoms with Crippen molar-refractivity contribution in [2.75, 3.05) is 6.61 Å². The quantitative estimate of drug-likeness (QED) is 0.851. The number of aromatic carboxylic acids is 1. The lowest BCUT2D eigenvalue weighted by Crippen LogP contribution is -1.98. The monoisotopic (exact) mass is 255 g/mol. The minimum atomic E-state index is -0.942. The van der Waals surface area contributed by atoms with Crippen molar-refractivity contribution < 1.29 is 14.6 Å². The van der Waals surface area contributed by atoms with Crippen LogP contribution in [0.1, 0.15) is 15.9 Å². The zero-order valence-electron chi connectivity index (χ0n) is 10.2. The van der Waals surface area contributed by atoms with Crippen molar-refractivity contribution in [2.45, 2.75) is 0 Å². The molecule has 0 bridgehead atoms. The van der Waals surface area contributed by atoms with Gasteiger partial charge < -0.3 is 9.84 Å². The third kappa shape index (κ3) is 3.67. The number of benzene rings is 1. The Kier molecular flexibility index (Phi) is 4.29. The molecule has 4 heteroatoms. The fourth-order valence-corrected chi connectivity index (χ4v) is 1.55. The first-order valence-corrected chi connectivity index (χ1v) is 5.79. The van der Waals surface area contributed by atoms with Crippen molar-refractivity contribution in [3.05, 3.63) is 66.0 Å². The van der Waals surface area contributed by atoms with E-state index in [2.05, 4.69) is 11.1 Å². The van der Waals surface area contributed by atoms with Gasteiger partial charge in [-0.3, -0.25) is 4.98 Å².